The summed E-state index contributed by atoms with van der Waals surface area (Å²) in [7, 11) is 1.81. The Morgan fingerprint density at radius 2 is 1.95 bits per heavy atom. The van der Waals surface area contributed by atoms with E-state index >= 15 is 0 Å². The average Bonchev–Trinajstić information content (AvgIpc) is 2.36. The van der Waals surface area contributed by atoms with Crippen molar-refractivity contribution in [1.29, 1.82) is 0 Å². The van der Waals surface area contributed by atoms with Gasteiger partial charge in [-0.3, -0.25) is 19.8 Å². The zero-order valence-corrected chi connectivity index (χ0v) is 11.6. The first-order chi connectivity index (χ1) is 9.02. The molecule has 0 aromatic heterocycles. The van der Waals surface area contributed by atoms with Crippen molar-refractivity contribution in [3.05, 3.63) is 34.9 Å². The van der Waals surface area contributed by atoms with Gasteiger partial charge in [-0.15, -0.1) is 0 Å². The predicted octanol–water partition coefficient (Wildman–Crippen LogP) is 0.877. The van der Waals surface area contributed by atoms with Gasteiger partial charge in [0.2, 0.25) is 5.91 Å². The lowest BCUT2D eigenvalue weighted by Crippen LogP contribution is -2.39. The van der Waals surface area contributed by atoms with E-state index in [1.807, 2.05) is 11.9 Å². The number of imide groups is 1. The standard InChI is InChI=1S/C13H18ClN3O2/c1-17(8-2-7-15)9-12(18)16-13(19)10-3-5-11(14)6-4-10/h3-6H,2,7-9,15H2,1H3,(H,16,18,19). The predicted molar refractivity (Wildman–Crippen MR) is 75.1 cm³/mol. The van der Waals surface area contributed by atoms with E-state index in [9.17, 15) is 9.59 Å². The van der Waals surface area contributed by atoms with E-state index in [1.165, 1.54) is 0 Å². The van der Waals surface area contributed by atoms with E-state index in [1.54, 1.807) is 24.3 Å². The summed E-state index contributed by atoms with van der Waals surface area (Å²) in [5, 5.41) is 2.87. The quantitative estimate of drug-likeness (QED) is 0.813. The normalized spacial score (nSPS) is 10.5. The molecule has 0 unspecified atom stereocenters. The van der Waals surface area contributed by atoms with Gasteiger partial charge < -0.3 is 5.73 Å². The number of hydrogen-bond acceptors (Lipinski definition) is 4. The van der Waals surface area contributed by atoms with Crippen LogP contribution >= 0.6 is 11.6 Å². The van der Waals surface area contributed by atoms with Crippen LogP contribution in [0.1, 0.15) is 16.8 Å². The van der Waals surface area contributed by atoms with Crippen molar-refractivity contribution in [2.45, 2.75) is 6.42 Å². The van der Waals surface area contributed by atoms with E-state index in [0.717, 1.165) is 13.0 Å². The van der Waals surface area contributed by atoms with Gasteiger partial charge in [0, 0.05) is 10.6 Å². The van der Waals surface area contributed by atoms with E-state index in [2.05, 4.69) is 5.32 Å². The molecular formula is C13H18ClN3O2. The van der Waals surface area contributed by atoms with Gasteiger partial charge in [0.1, 0.15) is 0 Å². The van der Waals surface area contributed by atoms with Crippen LogP contribution in [-0.4, -0.2) is 43.4 Å². The fourth-order valence-electron chi connectivity index (χ4n) is 1.53. The van der Waals surface area contributed by atoms with Crippen LogP contribution in [0, 0.1) is 0 Å². The molecule has 0 fully saturated rings. The summed E-state index contributed by atoms with van der Waals surface area (Å²) in [6.07, 6.45) is 0.814. The van der Waals surface area contributed by atoms with Gasteiger partial charge in [-0.2, -0.15) is 0 Å². The number of hydrogen-bond donors (Lipinski definition) is 2. The molecule has 0 aliphatic heterocycles. The van der Waals surface area contributed by atoms with Gasteiger partial charge in [0.25, 0.3) is 5.91 Å². The van der Waals surface area contributed by atoms with E-state index in [-0.39, 0.29) is 12.5 Å². The molecule has 0 aliphatic carbocycles. The third kappa shape index (κ3) is 5.83. The second kappa shape index (κ2) is 7.89. The van der Waals surface area contributed by atoms with Gasteiger partial charge >= 0.3 is 0 Å². The Kier molecular flexibility index (Phi) is 6.49. The van der Waals surface area contributed by atoms with Gasteiger partial charge in [-0.1, -0.05) is 11.6 Å². The van der Waals surface area contributed by atoms with Crippen molar-refractivity contribution in [2.24, 2.45) is 5.73 Å². The van der Waals surface area contributed by atoms with Crippen LogP contribution in [0.5, 0.6) is 0 Å². The van der Waals surface area contributed by atoms with Crippen LogP contribution in [-0.2, 0) is 4.79 Å². The lowest BCUT2D eigenvalue weighted by Gasteiger charge is -2.15. The summed E-state index contributed by atoms with van der Waals surface area (Å²) in [5.74, 6) is -0.756. The number of nitrogens with zero attached hydrogens (tertiary/aromatic N) is 1. The molecule has 0 saturated heterocycles. The minimum Gasteiger partial charge on any atom is -0.330 e. The van der Waals surface area contributed by atoms with Crippen LogP contribution in [0.3, 0.4) is 0 Å². The van der Waals surface area contributed by atoms with Crippen molar-refractivity contribution in [3.8, 4) is 0 Å². The molecule has 0 atom stereocenters. The number of benzene rings is 1. The number of carbonyl (C=O) groups excluding carboxylic acids is 2. The van der Waals surface area contributed by atoms with Crippen LogP contribution in [0.25, 0.3) is 0 Å². The molecule has 2 amide bonds. The average molecular weight is 284 g/mol. The van der Waals surface area contributed by atoms with Crippen LogP contribution < -0.4 is 11.1 Å². The highest BCUT2D eigenvalue weighted by Crippen LogP contribution is 2.09. The highest BCUT2D eigenvalue weighted by atomic mass is 35.5. The van der Waals surface area contributed by atoms with Gasteiger partial charge in [0.05, 0.1) is 6.54 Å². The lowest BCUT2D eigenvalue weighted by molar-refractivity contribution is -0.121. The maximum atomic E-state index is 11.7. The van der Waals surface area contributed by atoms with Gasteiger partial charge in [-0.25, -0.2) is 0 Å². The van der Waals surface area contributed by atoms with E-state index in [4.69, 9.17) is 17.3 Å². The fourth-order valence-corrected chi connectivity index (χ4v) is 1.65. The Morgan fingerprint density at radius 3 is 2.53 bits per heavy atom. The molecule has 1 aromatic carbocycles. The molecule has 5 nitrogen and oxygen atoms in total. The Hall–Kier alpha value is -1.43. The van der Waals surface area contributed by atoms with Crippen molar-refractivity contribution in [1.82, 2.24) is 10.2 Å². The molecule has 0 spiro atoms. The zero-order chi connectivity index (χ0) is 14.3. The SMILES string of the molecule is CN(CCCN)CC(=O)NC(=O)c1ccc(Cl)cc1. The number of halogens is 1. The van der Waals surface area contributed by atoms with Crippen molar-refractivity contribution >= 4 is 23.4 Å². The Balaban J connectivity index is 2.43. The first kappa shape index (κ1) is 15.6. The molecule has 0 radical (unpaired) electrons. The summed E-state index contributed by atoms with van der Waals surface area (Å²) < 4.78 is 0. The Labute approximate surface area is 117 Å². The largest absolute Gasteiger partial charge is 0.330 e. The maximum absolute atomic E-state index is 11.7. The number of likely N-dealkylation sites (N-methyl/N-ethyl adjacent to an activating group) is 1. The summed E-state index contributed by atoms with van der Waals surface area (Å²) >= 11 is 5.72. The zero-order valence-electron chi connectivity index (χ0n) is 10.9. The molecule has 0 bridgehead atoms. The molecule has 104 valence electrons. The Bertz CT molecular complexity index is 434. The molecule has 1 rings (SSSR count). The maximum Gasteiger partial charge on any atom is 0.257 e. The summed E-state index contributed by atoms with van der Waals surface area (Å²) in [6.45, 7) is 1.47. The smallest absolute Gasteiger partial charge is 0.257 e. The van der Waals surface area contributed by atoms with Crippen molar-refractivity contribution in [2.75, 3.05) is 26.7 Å². The van der Waals surface area contributed by atoms with Crippen molar-refractivity contribution < 1.29 is 9.59 Å². The second-order valence-corrected chi connectivity index (χ2v) is 4.70. The molecule has 0 heterocycles. The molecule has 0 aliphatic rings. The monoisotopic (exact) mass is 283 g/mol. The van der Waals surface area contributed by atoms with Crippen LogP contribution in [0.4, 0.5) is 0 Å². The van der Waals surface area contributed by atoms with E-state index < -0.39 is 5.91 Å². The number of nitrogens with two attached hydrogens (primary N) is 1. The highest BCUT2D eigenvalue weighted by molar-refractivity contribution is 6.30. The molecular weight excluding hydrogens is 266 g/mol. The molecule has 3 N–H and O–H groups in total. The lowest BCUT2D eigenvalue weighted by atomic mass is 10.2. The number of rotatable bonds is 6. The number of carbonyl (C=O) groups is 2. The second-order valence-electron chi connectivity index (χ2n) is 4.26. The minimum absolute atomic E-state index is 0.166. The molecule has 0 saturated carbocycles. The van der Waals surface area contributed by atoms with Crippen molar-refractivity contribution in [3.63, 3.8) is 0 Å². The molecule has 1 aromatic rings. The highest BCUT2D eigenvalue weighted by Gasteiger charge is 2.11. The Morgan fingerprint density at radius 1 is 1.32 bits per heavy atom. The van der Waals surface area contributed by atoms with Crippen LogP contribution in [0.15, 0.2) is 24.3 Å². The summed E-state index contributed by atoms with van der Waals surface area (Å²) in [5.41, 5.74) is 5.79. The topological polar surface area (TPSA) is 75.4 Å². The fraction of sp³-hybridized carbons (Fsp3) is 0.385. The van der Waals surface area contributed by atoms with Gasteiger partial charge in [0.15, 0.2) is 0 Å². The molecule has 6 heteroatoms. The number of nitrogens with one attached hydrogen (secondary N) is 1. The third-order valence-electron chi connectivity index (χ3n) is 2.52. The van der Waals surface area contributed by atoms with Crippen LogP contribution in [0.2, 0.25) is 5.02 Å². The first-order valence-electron chi connectivity index (χ1n) is 6.01. The van der Waals surface area contributed by atoms with E-state index in [0.29, 0.717) is 17.1 Å². The minimum atomic E-state index is -0.422. The molecule has 19 heavy (non-hydrogen) atoms. The third-order valence-corrected chi connectivity index (χ3v) is 2.77. The number of amides is 2. The first-order valence-corrected chi connectivity index (χ1v) is 6.39. The summed E-state index contributed by atoms with van der Waals surface area (Å²) in [4.78, 5) is 25.2. The van der Waals surface area contributed by atoms with Gasteiger partial charge in [-0.05, 0) is 50.8 Å². The summed E-state index contributed by atoms with van der Waals surface area (Å²) in [6, 6.07) is 6.36.